The number of hydrogen-bond donors (Lipinski definition) is 0. The van der Waals surface area contributed by atoms with Crippen LogP contribution in [-0.4, -0.2) is 34.0 Å². The van der Waals surface area contributed by atoms with Gasteiger partial charge in [0.05, 0.1) is 0 Å². The van der Waals surface area contributed by atoms with Crippen molar-refractivity contribution in [2.75, 3.05) is 13.1 Å². The zero-order valence-electron chi connectivity index (χ0n) is 14.4. The highest BCUT2D eigenvalue weighted by atomic mass is 79.9. The Hall–Kier alpha value is -2.18. The lowest BCUT2D eigenvalue weighted by Gasteiger charge is -2.30. The molecule has 1 aliphatic heterocycles. The van der Waals surface area contributed by atoms with Crippen LogP contribution in [0.2, 0.25) is 5.02 Å². The van der Waals surface area contributed by atoms with Crippen LogP contribution < -0.4 is 0 Å². The first-order valence-electron chi connectivity index (χ1n) is 8.74. The molecule has 4 rings (SSSR count). The smallest absolute Gasteiger partial charge is 0.253 e. The van der Waals surface area contributed by atoms with Gasteiger partial charge in [-0.1, -0.05) is 32.7 Å². The summed E-state index contributed by atoms with van der Waals surface area (Å²) in [5.41, 5.74) is 1.58. The number of carbonyl (C=O) groups is 1. The fourth-order valence-corrected chi connectivity index (χ4v) is 3.61. The van der Waals surface area contributed by atoms with Gasteiger partial charge in [-0.3, -0.25) is 4.79 Å². The molecule has 0 atom stereocenters. The molecular formula is C20H17BrClN3O2. The minimum atomic E-state index is 0.0633. The molecule has 1 aromatic heterocycles. The second kappa shape index (κ2) is 7.82. The number of likely N-dealkylation sites (tertiary alicyclic amines) is 1. The summed E-state index contributed by atoms with van der Waals surface area (Å²) in [5.74, 6) is 1.44. The van der Waals surface area contributed by atoms with Crippen molar-refractivity contribution in [1.29, 1.82) is 0 Å². The standard InChI is InChI=1S/C20H17BrClN3O2/c21-16-5-1-15(2-6-16)20(26)25-11-9-14(10-12-25)19-23-18(24-27-19)13-3-7-17(22)8-4-13/h1-8,14H,9-12H2. The molecule has 1 saturated heterocycles. The van der Waals surface area contributed by atoms with Crippen molar-refractivity contribution in [3.05, 3.63) is 69.5 Å². The number of halogens is 2. The van der Waals surface area contributed by atoms with E-state index in [-0.39, 0.29) is 11.8 Å². The lowest BCUT2D eigenvalue weighted by atomic mass is 9.96. The van der Waals surface area contributed by atoms with Crippen LogP contribution in [0.1, 0.15) is 35.0 Å². The lowest BCUT2D eigenvalue weighted by molar-refractivity contribution is 0.0704. The van der Waals surface area contributed by atoms with Gasteiger partial charge in [0.1, 0.15) is 0 Å². The Balaban J connectivity index is 1.40. The van der Waals surface area contributed by atoms with Crippen LogP contribution in [0.25, 0.3) is 11.4 Å². The summed E-state index contributed by atoms with van der Waals surface area (Å²) in [6.07, 6.45) is 1.62. The van der Waals surface area contributed by atoms with Gasteiger partial charge < -0.3 is 9.42 Å². The van der Waals surface area contributed by atoms with E-state index < -0.39 is 0 Å². The average molecular weight is 447 g/mol. The van der Waals surface area contributed by atoms with Gasteiger partial charge in [0.2, 0.25) is 11.7 Å². The molecule has 0 saturated carbocycles. The van der Waals surface area contributed by atoms with Crippen LogP contribution in [-0.2, 0) is 0 Å². The fraction of sp³-hybridized carbons (Fsp3) is 0.250. The summed E-state index contributed by atoms with van der Waals surface area (Å²) in [6, 6.07) is 14.8. The molecule has 1 aliphatic rings. The van der Waals surface area contributed by atoms with E-state index in [0.29, 0.717) is 35.4 Å². The second-order valence-electron chi connectivity index (χ2n) is 6.54. The molecule has 1 amide bonds. The molecule has 0 spiro atoms. The van der Waals surface area contributed by atoms with Crippen molar-refractivity contribution in [2.45, 2.75) is 18.8 Å². The molecule has 0 N–H and O–H groups in total. The molecule has 27 heavy (non-hydrogen) atoms. The summed E-state index contributed by atoms with van der Waals surface area (Å²) in [4.78, 5) is 19.0. The van der Waals surface area contributed by atoms with Crippen LogP contribution in [0.5, 0.6) is 0 Å². The van der Waals surface area contributed by atoms with E-state index in [0.717, 1.165) is 22.9 Å². The Morgan fingerprint density at radius 3 is 2.41 bits per heavy atom. The predicted molar refractivity (Wildman–Crippen MR) is 107 cm³/mol. The highest BCUT2D eigenvalue weighted by molar-refractivity contribution is 9.10. The number of amides is 1. The van der Waals surface area contributed by atoms with E-state index >= 15 is 0 Å². The van der Waals surface area contributed by atoms with Gasteiger partial charge >= 0.3 is 0 Å². The first-order valence-corrected chi connectivity index (χ1v) is 9.91. The molecule has 0 unspecified atom stereocenters. The maximum absolute atomic E-state index is 12.6. The molecular weight excluding hydrogens is 430 g/mol. The van der Waals surface area contributed by atoms with Crippen LogP contribution in [0.15, 0.2) is 57.5 Å². The zero-order chi connectivity index (χ0) is 18.8. The Bertz CT molecular complexity index is 933. The molecule has 2 aromatic carbocycles. The van der Waals surface area contributed by atoms with Crippen LogP contribution >= 0.6 is 27.5 Å². The van der Waals surface area contributed by atoms with Gasteiger partial charge in [-0.15, -0.1) is 0 Å². The summed E-state index contributed by atoms with van der Waals surface area (Å²) in [7, 11) is 0. The minimum Gasteiger partial charge on any atom is -0.339 e. The molecule has 0 bridgehead atoms. The molecule has 2 heterocycles. The van der Waals surface area contributed by atoms with Gasteiger partial charge in [0.15, 0.2) is 0 Å². The van der Waals surface area contributed by atoms with Gasteiger partial charge in [-0.2, -0.15) is 4.98 Å². The maximum atomic E-state index is 12.6. The Kier molecular flexibility index (Phi) is 5.27. The Morgan fingerprint density at radius 2 is 1.74 bits per heavy atom. The van der Waals surface area contributed by atoms with Crippen molar-refractivity contribution < 1.29 is 9.32 Å². The Labute approximate surface area is 170 Å². The second-order valence-corrected chi connectivity index (χ2v) is 7.89. The van der Waals surface area contributed by atoms with E-state index in [1.54, 1.807) is 12.1 Å². The van der Waals surface area contributed by atoms with Crippen LogP contribution in [0.4, 0.5) is 0 Å². The highest BCUT2D eigenvalue weighted by Gasteiger charge is 2.28. The van der Waals surface area contributed by atoms with Crippen molar-refractivity contribution >= 4 is 33.4 Å². The van der Waals surface area contributed by atoms with Gasteiger partial charge in [0, 0.05) is 39.6 Å². The minimum absolute atomic E-state index is 0.0633. The number of nitrogens with zero attached hydrogens (tertiary/aromatic N) is 3. The number of hydrogen-bond acceptors (Lipinski definition) is 4. The largest absolute Gasteiger partial charge is 0.339 e. The highest BCUT2D eigenvalue weighted by Crippen LogP contribution is 2.29. The van der Waals surface area contributed by atoms with Crippen molar-refractivity contribution in [3.63, 3.8) is 0 Å². The van der Waals surface area contributed by atoms with Crippen LogP contribution in [0.3, 0.4) is 0 Å². The molecule has 3 aromatic rings. The molecule has 5 nitrogen and oxygen atoms in total. The SMILES string of the molecule is O=C(c1ccc(Br)cc1)N1CCC(c2nc(-c3ccc(Cl)cc3)no2)CC1. The first-order chi connectivity index (χ1) is 13.1. The normalized spacial score (nSPS) is 15.1. The van der Waals surface area contributed by atoms with Gasteiger partial charge in [0.25, 0.3) is 5.91 Å². The summed E-state index contributed by atoms with van der Waals surface area (Å²) in [5, 5.41) is 4.76. The Morgan fingerprint density at radius 1 is 1.07 bits per heavy atom. The van der Waals surface area contributed by atoms with E-state index in [2.05, 4.69) is 26.1 Å². The third-order valence-electron chi connectivity index (χ3n) is 4.77. The third kappa shape index (κ3) is 4.06. The number of rotatable bonds is 3. The molecule has 0 radical (unpaired) electrons. The summed E-state index contributed by atoms with van der Waals surface area (Å²) >= 11 is 9.31. The average Bonchev–Trinajstić information content (AvgIpc) is 3.19. The predicted octanol–water partition coefficient (Wildman–Crippen LogP) is 5.17. The third-order valence-corrected chi connectivity index (χ3v) is 5.55. The molecule has 1 fully saturated rings. The maximum Gasteiger partial charge on any atom is 0.253 e. The number of carbonyl (C=O) groups excluding carboxylic acids is 1. The zero-order valence-corrected chi connectivity index (χ0v) is 16.8. The first kappa shape index (κ1) is 18.2. The number of piperidine rings is 1. The van der Waals surface area contributed by atoms with E-state index in [1.165, 1.54) is 0 Å². The van der Waals surface area contributed by atoms with Crippen molar-refractivity contribution in [1.82, 2.24) is 15.0 Å². The molecule has 0 aliphatic carbocycles. The van der Waals surface area contributed by atoms with Gasteiger partial charge in [-0.05, 0) is 61.4 Å². The lowest BCUT2D eigenvalue weighted by Crippen LogP contribution is -2.37. The quantitative estimate of drug-likeness (QED) is 0.557. The van der Waals surface area contributed by atoms with Crippen LogP contribution in [0, 0.1) is 0 Å². The number of benzene rings is 2. The summed E-state index contributed by atoms with van der Waals surface area (Å²) < 4.78 is 6.44. The topological polar surface area (TPSA) is 59.2 Å². The summed E-state index contributed by atoms with van der Waals surface area (Å²) in [6.45, 7) is 1.36. The van der Waals surface area contributed by atoms with E-state index in [9.17, 15) is 4.79 Å². The molecule has 138 valence electrons. The molecule has 7 heteroatoms. The van der Waals surface area contributed by atoms with Gasteiger partial charge in [-0.25, -0.2) is 0 Å². The monoisotopic (exact) mass is 445 g/mol. The number of aromatic nitrogens is 2. The van der Waals surface area contributed by atoms with Crippen molar-refractivity contribution in [3.8, 4) is 11.4 Å². The fourth-order valence-electron chi connectivity index (χ4n) is 3.22. The van der Waals surface area contributed by atoms with E-state index in [4.69, 9.17) is 16.1 Å². The van der Waals surface area contributed by atoms with Crippen molar-refractivity contribution in [2.24, 2.45) is 0 Å². The van der Waals surface area contributed by atoms with E-state index in [1.807, 2.05) is 41.3 Å².